The topological polar surface area (TPSA) is 61.0 Å². The van der Waals surface area contributed by atoms with E-state index >= 15 is 0 Å². The van der Waals surface area contributed by atoms with E-state index < -0.39 is 0 Å². The molecule has 2 rings (SSSR count). The highest BCUT2D eigenvalue weighted by molar-refractivity contribution is 5.92. The molecule has 1 atom stereocenters. The fraction of sp³-hybridized carbons (Fsp3) is 0.636. The van der Waals surface area contributed by atoms with Gasteiger partial charge in [-0.25, -0.2) is 0 Å². The summed E-state index contributed by atoms with van der Waals surface area (Å²) in [6.45, 7) is 6.57. The summed E-state index contributed by atoms with van der Waals surface area (Å²) >= 11 is 0. The molecule has 1 aromatic rings. The van der Waals surface area contributed by atoms with Gasteiger partial charge in [0.15, 0.2) is 0 Å². The van der Waals surface area contributed by atoms with Crippen molar-refractivity contribution in [2.45, 2.75) is 26.3 Å². The Balaban J connectivity index is 0.00000144. The van der Waals surface area contributed by atoms with E-state index in [4.69, 9.17) is 0 Å². The summed E-state index contributed by atoms with van der Waals surface area (Å²) in [7, 11) is 0. The molecule has 1 fully saturated rings. The number of nitrogens with zero attached hydrogens (tertiary/aromatic N) is 2. The van der Waals surface area contributed by atoms with Gasteiger partial charge in [-0.2, -0.15) is 5.10 Å². The Kier molecular flexibility index (Phi) is 4.96. The van der Waals surface area contributed by atoms with Gasteiger partial charge in [0, 0.05) is 31.4 Å². The summed E-state index contributed by atoms with van der Waals surface area (Å²) in [6.07, 6.45) is 0.872. The maximum absolute atomic E-state index is 12.2. The predicted octanol–water partition coefficient (Wildman–Crippen LogP) is 0.828. The number of hydrogen-bond donors (Lipinski definition) is 2. The third kappa shape index (κ3) is 2.98. The lowest BCUT2D eigenvalue weighted by molar-refractivity contribution is 0.0649. The summed E-state index contributed by atoms with van der Waals surface area (Å²) < 4.78 is 0. The van der Waals surface area contributed by atoms with Crippen LogP contribution in [-0.4, -0.2) is 46.7 Å². The number of nitrogens with one attached hydrogen (secondary N) is 2. The van der Waals surface area contributed by atoms with Crippen molar-refractivity contribution in [3.05, 3.63) is 17.5 Å². The first-order valence-electron chi connectivity index (χ1n) is 5.78. The van der Waals surface area contributed by atoms with Crippen molar-refractivity contribution in [2.24, 2.45) is 0 Å². The second-order valence-corrected chi connectivity index (χ2v) is 4.18. The van der Waals surface area contributed by atoms with Gasteiger partial charge in [-0.05, 0) is 19.4 Å². The molecule has 1 saturated heterocycles. The molecule has 17 heavy (non-hydrogen) atoms. The highest BCUT2D eigenvalue weighted by atomic mass is 35.5. The lowest BCUT2D eigenvalue weighted by Gasteiger charge is -2.33. The molecule has 0 radical (unpaired) electrons. The first kappa shape index (κ1) is 14.0. The van der Waals surface area contributed by atoms with E-state index in [1.807, 2.05) is 17.9 Å². The molecule has 2 N–H and O–H groups in total. The van der Waals surface area contributed by atoms with Gasteiger partial charge in [-0.15, -0.1) is 12.4 Å². The molecule has 0 saturated carbocycles. The number of carbonyl (C=O) groups is 1. The van der Waals surface area contributed by atoms with E-state index in [-0.39, 0.29) is 24.4 Å². The molecule has 96 valence electrons. The lowest BCUT2D eigenvalue weighted by atomic mass is 10.2. The van der Waals surface area contributed by atoms with Crippen LogP contribution in [-0.2, 0) is 6.42 Å². The van der Waals surface area contributed by atoms with Crippen molar-refractivity contribution in [1.82, 2.24) is 20.4 Å². The molecule has 5 nitrogen and oxygen atoms in total. The van der Waals surface area contributed by atoms with E-state index in [0.717, 1.165) is 31.7 Å². The number of rotatable bonds is 2. The molecule has 6 heteroatoms. The van der Waals surface area contributed by atoms with Gasteiger partial charge in [-0.1, -0.05) is 6.92 Å². The number of aromatic amines is 1. The van der Waals surface area contributed by atoms with Gasteiger partial charge in [0.25, 0.3) is 5.91 Å². The third-order valence-electron chi connectivity index (χ3n) is 2.99. The van der Waals surface area contributed by atoms with Crippen LogP contribution in [0, 0.1) is 0 Å². The lowest BCUT2D eigenvalue weighted by Crippen LogP contribution is -2.52. The first-order valence-corrected chi connectivity index (χ1v) is 5.78. The van der Waals surface area contributed by atoms with Gasteiger partial charge in [0.05, 0.1) is 0 Å². The zero-order valence-corrected chi connectivity index (χ0v) is 11.0. The van der Waals surface area contributed by atoms with Crippen LogP contribution < -0.4 is 5.32 Å². The van der Waals surface area contributed by atoms with Crippen molar-refractivity contribution in [3.63, 3.8) is 0 Å². The van der Waals surface area contributed by atoms with Crippen LogP contribution in [0.4, 0.5) is 0 Å². The summed E-state index contributed by atoms with van der Waals surface area (Å²) in [5.74, 6) is 0.0324. The second kappa shape index (κ2) is 6.02. The number of H-pyrrole nitrogens is 1. The van der Waals surface area contributed by atoms with E-state index in [0.29, 0.717) is 5.69 Å². The SMILES string of the molecule is CCc1cc(C(=O)N2CCNCC2C)n[nH]1.Cl. The van der Waals surface area contributed by atoms with E-state index in [2.05, 4.69) is 22.4 Å². The highest BCUT2D eigenvalue weighted by Crippen LogP contribution is 2.09. The minimum atomic E-state index is 0. The molecule has 0 bridgehead atoms. The standard InChI is InChI=1S/C11H18N4O.ClH/c1-3-9-6-10(14-13-9)11(16)15-5-4-12-7-8(15)2;/h6,8,12H,3-5,7H2,1-2H3,(H,13,14);1H. The third-order valence-corrected chi connectivity index (χ3v) is 2.99. The Bertz CT molecular complexity index is 379. The molecule has 2 heterocycles. The zero-order valence-electron chi connectivity index (χ0n) is 10.2. The number of carbonyl (C=O) groups excluding carboxylic acids is 1. The monoisotopic (exact) mass is 258 g/mol. The average molecular weight is 259 g/mol. The summed E-state index contributed by atoms with van der Waals surface area (Å²) in [5, 5.41) is 10.2. The molecular formula is C11H19ClN4O. The smallest absolute Gasteiger partial charge is 0.274 e. The quantitative estimate of drug-likeness (QED) is 0.826. The Morgan fingerprint density at radius 2 is 2.41 bits per heavy atom. The van der Waals surface area contributed by atoms with Crippen LogP contribution in [0.5, 0.6) is 0 Å². The molecule has 0 aliphatic carbocycles. The number of aromatic nitrogens is 2. The largest absolute Gasteiger partial charge is 0.332 e. The van der Waals surface area contributed by atoms with Crippen molar-refractivity contribution < 1.29 is 4.79 Å². The maximum atomic E-state index is 12.2. The summed E-state index contributed by atoms with van der Waals surface area (Å²) in [5.41, 5.74) is 1.54. The van der Waals surface area contributed by atoms with Crippen molar-refractivity contribution in [3.8, 4) is 0 Å². The number of aryl methyl sites for hydroxylation is 1. The molecule has 1 amide bonds. The second-order valence-electron chi connectivity index (χ2n) is 4.18. The summed E-state index contributed by atoms with van der Waals surface area (Å²) in [4.78, 5) is 14.0. The number of hydrogen-bond acceptors (Lipinski definition) is 3. The van der Waals surface area contributed by atoms with Gasteiger partial charge < -0.3 is 10.2 Å². The highest BCUT2D eigenvalue weighted by Gasteiger charge is 2.25. The predicted molar refractivity (Wildman–Crippen MR) is 68.6 cm³/mol. The Hall–Kier alpha value is -1.07. The van der Waals surface area contributed by atoms with Gasteiger partial charge in [-0.3, -0.25) is 9.89 Å². The van der Waals surface area contributed by atoms with Crippen molar-refractivity contribution in [2.75, 3.05) is 19.6 Å². The molecule has 1 aromatic heterocycles. The Morgan fingerprint density at radius 1 is 1.65 bits per heavy atom. The molecule has 0 spiro atoms. The molecule has 0 aromatic carbocycles. The van der Waals surface area contributed by atoms with Crippen molar-refractivity contribution >= 4 is 18.3 Å². The van der Waals surface area contributed by atoms with Gasteiger partial charge >= 0.3 is 0 Å². The van der Waals surface area contributed by atoms with Crippen LogP contribution in [0.1, 0.15) is 30.0 Å². The van der Waals surface area contributed by atoms with Crippen molar-refractivity contribution in [1.29, 1.82) is 0 Å². The number of halogens is 1. The fourth-order valence-corrected chi connectivity index (χ4v) is 1.94. The summed E-state index contributed by atoms with van der Waals surface area (Å²) in [6, 6.07) is 2.08. The zero-order chi connectivity index (χ0) is 11.5. The average Bonchev–Trinajstić information content (AvgIpc) is 2.77. The number of amides is 1. The molecule has 1 aliphatic rings. The van der Waals surface area contributed by atoms with Crippen LogP contribution >= 0.6 is 12.4 Å². The van der Waals surface area contributed by atoms with E-state index in [1.54, 1.807) is 0 Å². The fourth-order valence-electron chi connectivity index (χ4n) is 1.94. The van der Waals surface area contributed by atoms with E-state index in [9.17, 15) is 4.79 Å². The molecule has 1 unspecified atom stereocenters. The maximum Gasteiger partial charge on any atom is 0.274 e. The number of piperazine rings is 1. The minimum Gasteiger partial charge on any atom is -0.332 e. The van der Waals surface area contributed by atoms with Crippen LogP contribution in [0.15, 0.2) is 6.07 Å². The van der Waals surface area contributed by atoms with Gasteiger partial charge in [0.2, 0.25) is 0 Å². The van der Waals surface area contributed by atoms with Crippen LogP contribution in [0.2, 0.25) is 0 Å². The van der Waals surface area contributed by atoms with Crippen LogP contribution in [0.25, 0.3) is 0 Å². The van der Waals surface area contributed by atoms with E-state index in [1.165, 1.54) is 0 Å². The Labute approximate surface area is 107 Å². The first-order chi connectivity index (χ1) is 7.72. The van der Waals surface area contributed by atoms with Gasteiger partial charge in [0.1, 0.15) is 5.69 Å². The normalized spacial score (nSPS) is 19.9. The molecular weight excluding hydrogens is 240 g/mol. The van der Waals surface area contributed by atoms with Crippen LogP contribution in [0.3, 0.4) is 0 Å². The Morgan fingerprint density at radius 3 is 3.00 bits per heavy atom. The molecule has 1 aliphatic heterocycles. The minimum absolute atomic E-state index is 0.